The lowest BCUT2D eigenvalue weighted by molar-refractivity contribution is -0.131. The number of aliphatic carboxylic acids is 1. The maximum absolute atomic E-state index is 10.5. The van der Waals surface area contributed by atoms with Crippen molar-refractivity contribution >= 4 is 27.5 Å². The molecule has 3 heteroatoms. The first-order valence-corrected chi connectivity index (χ1v) is 5.84. The largest absolute Gasteiger partial charge is 0.478 e. The van der Waals surface area contributed by atoms with Gasteiger partial charge in [-0.1, -0.05) is 34.1 Å². The molecule has 2 rings (SSSR count). The lowest BCUT2D eigenvalue weighted by Gasteiger charge is -2.01. The summed E-state index contributed by atoms with van der Waals surface area (Å²) < 4.78 is 1.04. The Bertz CT molecular complexity index is 486. The van der Waals surface area contributed by atoms with E-state index in [4.69, 9.17) is 5.11 Å². The van der Waals surface area contributed by atoms with Crippen LogP contribution in [0, 0.1) is 0 Å². The molecule has 1 aliphatic carbocycles. The third-order valence-electron chi connectivity index (χ3n) is 2.55. The second-order valence-electron chi connectivity index (χ2n) is 3.74. The molecule has 0 amide bonds. The summed E-state index contributed by atoms with van der Waals surface area (Å²) in [4.78, 5) is 10.5. The second kappa shape index (κ2) is 4.66. The Hall–Kier alpha value is -1.35. The normalized spacial score (nSPS) is 17.6. The van der Waals surface area contributed by atoms with E-state index in [1.54, 1.807) is 0 Å². The molecule has 2 nitrogen and oxygen atoms in total. The van der Waals surface area contributed by atoms with Crippen molar-refractivity contribution in [2.75, 3.05) is 0 Å². The zero-order valence-electron chi connectivity index (χ0n) is 8.61. The van der Waals surface area contributed by atoms with Gasteiger partial charge in [0.1, 0.15) is 0 Å². The number of hydrogen-bond donors (Lipinski definition) is 1. The maximum atomic E-state index is 10.5. The molecule has 0 heterocycles. The van der Waals surface area contributed by atoms with E-state index in [0.29, 0.717) is 0 Å². The lowest BCUT2D eigenvalue weighted by Crippen LogP contribution is -1.88. The molecule has 0 unspecified atom stereocenters. The van der Waals surface area contributed by atoms with Crippen molar-refractivity contribution in [3.8, 4) is 0 Å². The highest BCUT2D eigenvalue weighted by atomic mass is 79.9. The predicted octanol–water partition coefficient (Wildman–Crippen LogP) is 3.64. The fraction of sp³-hybridized carbons (Fsp3) is 0.154. The van der Waals surface area contributed by atoms with Crippen LogP contribution in [-0.4, -0.2) is 11.1 Å². The van der Waals surface area contributed by atoms with Gasteiger partial charge in [-0.05, 0) is 41.7 Å². The first-order chi connectivity index (χ1) is 7.65. The molecule has 1 aliphatic rings. The fourth-order valence-electron chi connectivity index (χ4n) is 1.84. The molecular formula is C13H11BrO2. The zero-order valence-corrected chi connectivity index (χ0v) is 10.2. The first-order valence-electron chi connectivity index (χ1n) is 5.05. The Morgan fingerprint density at radius 1 is 1.38 bits per heavy atom. The van der Waals surface area contributed by atoms with Gasteiger partial charge in [0.15, 0.2) is 0 Å². The second-order valence-corrected chi connectivity index (χ2v) is 4.65. The number of halogens is 1. The van der Waals surface area contributed by atoms with Crippen molar-refractivity contribution in [2.45, 2.75) is 12.8 Å². The quantitative estimate of drug-likeness (QED) is 0.839. The molecule has 0 saturated carbocycles. The van der Waals surface area contributed by atoms with E-state index >= 15 is 0 Å². The van der Waals surface area contributed by atoms with Gasteiger partial charge in [0.25, 0.3) is 0 Å². The minimum atomic E-state index is -0.873. The first kappa shape index (κ1) is 11.1. The fourth-order valence-corrected chi connectivity index (χ4v) is 2.23. The minimum absolute atomic E-state index is 0.814. The van der Waals surface area contributed by atoms with E-state index in [1.807, 2.05) is 24.3 Å². The summed E-state index contributed by atoms with van der Waals surface area (Å²) in [5.41, 5.74) is 3.25. The number of carboxylic acids is 1. The van der Waals surface area contributed by atoms with Crippen LogP contribution in [0.2, 0.25) is 0 Å². The highest BCUT2D eigenvalue weighted by molar-refractivity contribution is 9.10. The summed E-state index contributed by atoms with van der Waals surface area (Å²) in [5, 5.41) is 8.66. The van der Waals surface area contributed by atoms with E-state index in [0.717, 1.165) is 28.5 Å². The average Bonchev–Trinajstić information content (AvgIpc) is 2.65. The van der Waals surface area contributed by atoms with Gasteiger partial charge in [0, 0.05) is 10.5 Å². The summed E-state index contributed by atoms with van der Waals surface area (Å²) in [6, 6.07) is 8.06. The van der Waals surface area contributed by atoms with Crippen LogP contribution in [0.1, 0.15) is 18.4 Å². The van der Waals surface area contributed by atoms with Crippen LogP contribution in [0.4, 0.5) is 0 Å². The Kier molecular flexibility index (Phi) is 3.25. The average molecular weight is 279 g/mol. The third kappa shape index (κ3) is 2.61. The molecular weight excluding hydrogens is 268 g/mol. The smallest absolute Gasteiger partial charge is 0.328 e. The van der Waals surface area contributed by atoms with Crippen molar-refractivity contribution in [1.29, 1.82) is 0 Å². The monoisotopic (exact) mass is 278 g/mol. The molecule has 0 spiro atoms. The number of hydrogen-bond acceptors (Lipinski definition) is 1. The molecule has 0 aliphatic heterocycles. The highest BCUT2D eigenvalue weighted by Crippen LogP contribution is 2.32. The molecule has 0 atom stereocenters. The van der Waals surface area contributed by atoms with Crippen molar-refractivity contribution in [3.63, 3.8) is 0 Å². The standard InChI is InChI=1S/C13H11BrO2/c14-12-3-1-2-10(8-12)11-5-4-9(6-11)7-13(15)16/h1-3,6-8H,4-5H2,(H,15,16)/b9-7+. The Morgan fingerprint density at radius 3 is 2.88 bits per heavy atom. The van der Waals surface area contributed by atoms with Crippen LogP contribution in [0.5, 0.6) is 0 Å². The van der Waals surface area contributed by atoms with E-state index in [2.05, 4.69) is 22.0 Å². The molecule has 16 heavy (non-hydrogen) atoms. The molecule has 0 bridgehead atoms. The summed E-state index contributed by atoms with van der Waals surface area (Å²) in [5.74, 6) is -0.873. The zero-order chi connectivity index (χ0) is 11.5. The summed E-state index contributed by atoms with van der Waals surface area (Å²) in [6.07, 6.45) is 4.98. The van der Waals surface area contributed by atoms with Gasteiger partial charge in [-0.25, -0.2) is 4.79 Å². The summed E-state index contributed by atoms with van der Waals surface area (Å²) in [6.45, 7) is 0. The van der Waals surface area contributed by atoms with Crippen LogP contribution >= 0.6 is 15.9 Å². The molecule has 0 fully saturated rings. The third-order valence-corrected chi connectivity index (χ3v) is 3.04. The summed E-state index contributed by atoms with van der Waals surface area (Å²) in [7, 11) is 0. The topological polar surface area (TPSA) is 37.3 Å². The van der Waals surface area contributed by atoms with Crippen molar-refractivity contribution in [2.24, 2.45) is 0 Å². The summed E-state index contributed by atoms with van der Waals surface area (Å²) >= 11 is 3.43. The Morgan fingerprint density at radius 2 is 2.19 bits per heavy atom. The van der Waals surface area contributed by atoms with Crippen LogP contribution in [0.15, 0.2) is 46.5 Å². The van der Waals surface area contributed by atoms with E-state index < -0.39 is 5.97 Å². The SMILES string of the molecule is O=C(O)/C=C1/C=C(c2cccc(Br)c2)CC1. The van der Waals surface area contributed by atoms with E-state index in [1.165, 1.54) is 11.6 Å². The number of allylic oxidation sites excluding steroid dienone is 3. The van der Waals surface area contributed by atoms with Gasteiger partial charge in [-0.2, -0.15) is 0 Å². The van der Waals surface area contributed by atoms with Gasteiger partial charge >= 0.3 is 5.97 Å². The van der Waals surface area contributed by atoms with Gasteiger partial charge in [-0.15, -0.1) is 0 Å². The molecule has 1 N–H and O–H groups in total. The van der Waals surface area contributed by atoms with Gasteiger partial charge in [0.2, 0.25) is 0 Å². The molecule has 82 valence electrons. The van der Waals surface area contributed by atoms with Gasteiger partial charge in [-0.3, -0.25) is 0 Å². The van der Waals surface area contributed by atoms with E-state index in [9.17, 15) is 4.79 Å². The minimum Gasteiger partial charge on any atom is -0.478 e. The Labute approximate surface area is 102 Å². The van der Waals surface area contributed by atoms with E-state index in [-0.39, 0.29) is 0 Å². The molecule has 0 radical (unpaired) electrons. The van der Waals surface area contributed by atoms with Crippen LogP contribution in [0.25, 0.3) is 5.57 Å². The number of carbonyl (C=O) groups is 1. The molecule has 1 aromatic carbocycles. The van der Waals surface area contributed by atoms with Crippen molar-refractivity contribution in [1.82, 2.24) is 0 Å². The lowest BCUT2D eigenvalue weighted by atomic mass is 10.1. The highest BCUT2D eigenvalue weighted by Gasteiger charge is 2.12. The number of carboxylic acid groups (broad SMARTS) is 1. The van der Waals surface area contributed by atoms with Gasteiger partial charge < -0.3 is 5.11 Å². The van der Waals surface area contributed by atoms with Crippen LogP contribution in [-0.2, 0) is 4.79 Å². The maximum Gasteiger partial charge on any atom is 0.328 e. The van der Waals surface area contributed by atoms with Crippen molar-refractivity contribution < 1.29 is 9.90 Å². The van der Waals surface area contributed by atoms with Crippen LogP contribution < -0.4 is 0 Å². The molecule has 0 saturated heterocycles. The van der Waals surface area contributed by atoms with Gasteiger partial charge in [0.05, 0.1) is 0 Å². The number of rotatable bonds is 2. The van der Waals surface area contributed by atoms with Crippen molar-refractivity contribution in [3.05, 3.63) is 52.0 Å². The molecule has 1 aromatic rings. The number of benzene rings is 1. The molecule has 0 aromatic heterocycles. The predicted molar refractivity (Wildman–Crippen MR) is 67.1 cm³/mol. The Balaban J connectivity index is 2.28. The van der Waals surface area contributed by atoms with Crippen LogP contribution in [0.3, 0.4) is 0 Å².